The molecule has 0 spiro atoms. The van der Waals surface area contributed by atoms with Gasteiger partial charge in [-0.15, -0.1) is 0 Å². The third-order valence-corrected chi connectivity index (χ3v) is 1.87. The average Bonchev–Trinajstić information content (AvgIpc) is 2.10. The van der Waals surface area contributed by atoms with Crippen LogP contribution >= 0.6 is 0 Å². The number of hydrogen-bond acceptors (Lipinski definition) is 2. The molecule has 2 atom stereocenters. The zero-order valence-electron chi connectivity index (χ0n) is 7.66. The van der Waals surface area contributed by atoms with Gasteiger partial charge in [-0.25, -0.2) is 0 Å². The van der Waals surface area contributed by atoms with Gasteiger partial charge in [-0.1, -0.05) is 0 Å². The summed E-state index contributed by atoms with van der Waals surface area (Å²) in [6.07, 6.45) is 0.335. The minimum absolute atomic E-state index is 0. The molecular formula is C8H15NO2Y-2. The Kier molecular flexibility index (Phi) is 7.39. The summed E-state index contributed by atoms with van der Waals surface area (Å²) >= 11 is 0. The van der Waals surface area contributed by atoms with Crippen LogP contribution in [0.25, 0.3) is 0 Å². The Labute approximate surface area is 99.4 Å². The van der Waals surface area contributed by atoms with E-state index < -0.39 is 0 Å². The number of likely N-dealkylation sites (tertiary alicyclic amines) is 1. The maximum absolute atomic E-state index is 10.7. The fourth-order valence-corrected chi connectivity index (χ4v) is 1.35. The molecule has 1 radical (unpaired) electrons. The molecule has 1 fully saturated rings. The summed E-state index contributed by atoms with van der Waals surface area (Å²) in [6.45, 7) is 5.65. The van der Waals surface area contributed by atoms with Crippen molar-refractivity contribution in [3.63, 3.8) is 0 Å². The minimum Gasteiger partial charge on any atom is -0.391 e. The van der Waals surface area contributed by atoms with Gasteiger partial charge in [0.15, 0.2) is 0 Å². The molecule has 4 heteroatoms. The Bertz CT molecular complexity index is 152. The van der Waals surface area contributed by atoms with E-state index in [0.717, 1.165) is 0 Å². The van der Waals surface area contributed by atoms with Gasteiger partial charge in [0, 0.05) is 45.3 Å². The van der Waals surface area contributed by atoms with Crippen molar-refractivity contribution in [3.05, 3.63) is 14.4 Å². The zero-order chi connectivity index (χ0) is 7.72. The Morgan fingerprint density at radius 3 is 2.33 bits per heavy atom. The van der Waals surface area contributed by atoms with E-state index in [4.69, 9.17) is 5.11 Å². The standard InChI is InChI=1S/C7H12NO2.CH3.Y/c1-5-3-7(10)4-8(5)6(2)9;;/h5,7,10H,2-4H2,1H3;1H3;/q2*-1;/t5-,7-;;/m1../s1. The SMILES string of the molecule is [CH2-]C(=O)N1C[C@H](O)C[C@H]1C.[CH3-].[Y]. The van der Waals surface area contributed by atoms with Gasteiger partial charge in [-0.3, -0.25) is 0 Å². The van der Waals surface area contributed by atoms with Crippen molar-refractivity contribution in [2.45, 2.75) is 25.5 Å². The monoisotopic (exact) mass is 246 g/mol. The third kappa shape index (κ3) is 3.42. The second-order valence-corrected chi connectivity index (χ2v) is 2.78. The minimum atomic E-state index is -0.347. The van der Waals surface area contributed by atoms with Crippen LogP contribution < -0.4 is 0 Å². The topological polar surface area (TPSA) is 40.5 Å². The van der Waals surface area contributed by atoms with E-state index >= 15 is 0 Å². The first kappa shape index (κ1) is 14.9. The maximum atomic E-state index is 10.7. The number of aliphatic hydroxyl groups is 1. The number of carbonyl (C=O) groups excluding carboxylic acids is 1. The van der Waals surface area contributed by atoms with E-state index in [-0.39, 0.29) is 58.2 Å². The fraction of sp³-hybridized carbons (Fsp3) is 0.625. The fourth-order valence-electron chi connectivity index (χ4n) is 1.35. The van der Waals surface area contributed by atoms with Crippen molar-refractivity contribution in [1.29, 1.82) is 0 Å². The van der Waals surface area contributed by atoms with Crippen molar-refractivity contribution in [1.82, 2.24) is 4.90 Å². The second-order valence-electron chi connectivity index (χ2n) is 2.78. The Balaban J connectivity index is 0. The summed E-state index contributed by atoms with van der Waals surface area (Å²) in [5.41, 5.74) is 0. The van der Waals surface area contributed by atoms with E-state index in [9.17, 15) is 4.79 Å². The summed E-state index contributed by atoms with van der Waals surface area (Å²) in [5.74, 6) is -0.191. The first-order valence-corrected chi connectivity index (χ1v) is 3.42. The van der Waals surface area contributed by atoms with Crippen molar-refractivity contribution >= 4 is 5.91 Å². The van der Waals surface area contributed by atoms with Gasteiger partial charge >= 0.3 is 0 Å². The molecule has 0 aromatic carbocycles. The molecule has 1 rings (SSSR count). The predicted octanol–water partition coefficient (Wildman–Crippen LogP) is 0.250. The molecule has 3 nitrogen and oxygen atoms in total. The molecule has 1 saturated heterocycles. The largest absolute Gasteiger partial charge is 0.391 e. The summed E-state index contributed by atoms with van der Waals surface area (Å²) in [4.78, 5) is 12.3. The van der Waals surface area contributed by atoms with Gasteiger partial charge in [0.05, 0.1) is 12.0 Å². The van der Waals surface area contributed by atoms with Crippen LogP contribution in [0, 0.1) is 14.4 Å². The summed E-state index contributed by atoms with van der Waals surface area (Å²) < 4.78 is 0. The molecule has 0 bridgehead atoms. The van der Waals surface area contributed by atoms with E-state index in [1.54, 1.807) is 4.90 Å². The molecule has 0 unspecified atom stereocenters. The van der Waals surface area contributed by atoms with Crippen LogP contribution in [0.5, 0.6) is 0 Å². The normalized spacial score (nSPS) is 27.3. The van der Waals surface area contributed by atoms with Gasteiger partial charge in [-0.05, 0) is 13.3 Å². The predicted molar refractivity (Wildman–Crippen MR) is 43.6 cm³/mol. The van der Waals surface area contributed by atoms with Gasteiger partial charge in [0.2, 0.25) is 0 Å². The third-order valence-electron chi connectivity index (χ3n) is 1.87. The maximum Gasteiger partial charge on any atom is 0.0826 e. The van der Waals surface area contributed by atoms with Crippen molar-refractivity contribution < 1.29 is 42.6 Å². The van der Waals surface area contributed by atoms with Gasteiger partial charge in [0.25, 0.3) is 0 Å². The molecule has 0 aliphatic carbocycles. The Morgan fingerprint density at radius 1 is 1.67 bits per heavy atom. The number of β-amino-alcohol motifs (C(OH)–C–C–N with tert-alkyl or cyclic N) is 1. The van der Waals surface area contributed by atoms with Crippen LogP contribution in [0.4, 0.5) is 0 Å². The van der Waals surface area contributed by atoms with Gasteiger partial charge in [-0.2, -0.15) is 0 Å². The quantitative estimate of drug-likeness (QED) is 0.622. The van der Waals surface area contributed by atoms with Crippen LogP contribution in [0.3, 0.4) is 0 Å². The number of amides is 1. The number of carbonyl (C=O) groups is 1. The van der Waals surface area contributed by atoms with Crippen molar-refractivity contribution in [2.24, 2.45) is 0 Å². The summed E-state index contributed by atoms with van der Waals surface area (Å²) in [7, 11) is 0. The Morgan fingerprint density at radius 2 is 2.17 bits per heavy atom. The zero-order valence-corrected chi connectivity index (χ0v) is 10.5. The van der Waals surface area contributed by atoms with E-state index in [2.05, 4.69) is 6.92 Å². The van der Waals surface area contributed by atoms with E-state index in [1.165, 1.54) is 0 Å². The first-order chi connectivity index (χ1) is 4.61. The molecule has 1 aliphatic rings. The van der Waals surface area contributed by atoms with Crippen LogP contribution in [-0.4, -0.2) is 34.6 Å². The molecule has 0 saturated carbocycles. The molecule has 1 aliphatic heterocycles. The summed E-state index contributed by atoms with van der Waals surface area (Å²) in [5, 5.41) is 9.10. The average molecular weight is 246 g/mol. The first-order valence-electron chi connectivity index (χ1n) is 3.42. The van der Waals surface area contributed by atoms with Crippen LogP contribution in [-0.2, 0) is 37.5 Å². The molecule has 69 valence electrons. The molecular weight excluding hydrogens is 231 g/mol. The molecule has 1 N–H and O–H groups in total. The molecule has 12 heavy (non-hydrogen) atoms. The molecule has 1 heterocycles. The van der Waals surface area contributed by atoms with Crippen LogP contribution in [0.15, 0.2) is 0 Å². The van der Waals surface area contributed by atoms with Crippen molar-refractivity contribution in [3.8, 4) is 0 Å². The van der Waals surface area contributed by atoms with Crippen LogP contribution in [0.1, 0.15) is 13.3 Å². The van der Waals surface area contributed by atoms with Gasteiger partial charge < -0.3 is 29.2 Å². The van der Waals surface area contributed by atoms with E-state index in [1.807, 2.05) is 6.92 Å². The second kappa shape index (κ2) is 5.95. The van der Waals surface area contributed by atoms with Gasteiger partial charge in [0.1, 0.15) is 0 Å². The molecule has 0 aromatic heterocycles. The number of hydrogen-bond donors (Lipinski definition) is 1. The molecule has 1 amide bonds. The van der Waals surface area contributed by atoms with E-state index in [0.29, 0.717) is 13.0 Å². The number of rotatable bonds is 0. The number of aliphatic hydroxyl groups excluding tert-OH is 1. The summed E-state index contributed by atoms with van der Waals surface area (Å²) in [6, 6.07) is 0.153. The number of nitrogens with zero attached hydrogens (tertiary/aromatic N) is 1. The van der Waals surface area contributed by atoms with Crippen molar-refractivity contribution in [2.75, 3.05) is 6.54 Å². The molecule has 0 aromatic rings. The smallest absolute Gasteiger partial charge is 0.0826 e. The Hall–Kier alpha value is 0.404. The van der Waals surface area contributed by atoms with Crippen LogP contribution in [0.2, 0.25) is 0 Å².